The van der Waals surface area contributed by atoms with Crippen LogP contribution < -0.4 is 4.74 Å². The van der Waals surface area contributed by atoms with Gasteiger partial charge in [0.05, 0.1) is 26.9 Å². The van der Waals surface area contributed by atoms with Crippen molar-refractivity contribution in [3.05, 3.63) is 65.7 Å². The Kier molecular flexibility index (Phi) is 10.3. The molecule has 1 radical (unpaired) electrons. The van der Waals surface area contributed by atoms with E-state index in [4.69, 9.17) is 18.9 Å². The highest BCUT2D eigenvalue weighted by Crippen LogP contribution is 2.21. The van der Waals surface area contributed by atoms with Gasteiger partial charge in [-0.1, -0.05) is 49.3 Å². The van der Waals surface area contributed by atoms with Gasteiger partial charge in [-0.25, -0.2) is 0 Å². The Morgan fingerprint density at radius 2 is 1.62 bits per heavy atom. The molecule has 0 heterocycles. The molecule has 6 heteroatoms. The molecule has 155 valence electrons. The lowest BCUT2D eigenvalue weighted by Crippen LogP contribution is -2.30. The Morgan fingerprint density at radius 3 is 2.24 bits per heavy atom. The highest BCUT2D eigenvalue weighted by atomic mass is 16.6. The van der Waals surface area contributed by atoms with Crippen molar-refractivity contribution in [1.82, 2.24) is 0 Å². The highest BCUT2D eigenvalue weighted by molar-refractivity contribution is 6.36. The van der Waals surface area contributed by atoms with Gasteiger partial charge in [-0.05, 0) is 35.5 Å². The first-order valence-electron chi connectivity index (χ1n) is 9.91. The molecule has 0 N–H and O–H groups in total. The molecule has 2 aromatic rings. The van der Waals surface area contributed by atoms with Crippen LogP contribution in [0.15, 0.2) is 54.6 Å². The van der Waals surface area contributed by atoms with Crippen molar-refractivity contribution in [3.8, 4) is 5.75 Å². The van der Waals surface area contributed by atoms with Crippen molar-refractivity contribution in [1.29, 1.82) is 0 Å². The zero-order valence-electron chi connectivity index (χ0n) is 17.5. The van der Waals surface area contributed by atoms with Gasteiger partial charge in [0.2, 0.25) is 0 Å². The minimum atomic E-state index is -0.337. The summed E-state index contributed by atoms with van der Waals surface area (Å²) >= 11 is 0. The summed E-state index contributed by atoms with van der Waals surface area (Å²) in [7, 11) is 3.69. The van der Waals surface area contributed by atoms with Crippen LogP contribution in [-0.4, -0.2) is 39.7 Å². The topological polar surface area (TPSA) is 54.0 Å². The lowest BCUT2D eigenvalue weighted by atomic mass is 9.63. The van der Waals surface area contributed by atoms with Gasteiger partial charge in [-0.3, -0.25) is 4.79 Å². The van der Waals surface area contributed by atoms with Crippen LogP contribution in [0.25, 0.3) is 0 Å². The average Bonchev–Trinajstić information content (AvgIpc) is 2.74. The minimum Gasteiger partial charge on any atom is -0.497 e. The van der Waals surface area contributed by atoms with Crippen molar-refractivity contribution in [3.63, 3.8) is 0 Å². The molecule has 0 saturated heterocycles. The van der Waals surface area contributed by atoms with Crippen LogP contribution in [0.2, 0.25) is 12.6 Å². The lowest BCUT2D eigenvalue weighted by Gasteiger charge is -2.25. The number of carbonyl (C=O) groups is 1. The third-order valence-corrected chi connectivity index (χ3v) is 4.64. The quantitative estimate of drug-likeness (QED) is 0.287. The Balaban J connectivity index is 1.80. The van der Waals surface area contributed by atoms with E-state index in [2.05, 4.69) is 7.28 Å². The van der Waals surface area contributed by atoms with Gasteiger partial charge in [0.15, 0.2) is 0 Å². The van der Waals surface area contributed by atoms with E-state index in [1.807, 2.05) is 61.4 Å². The van der Waals surface area contributed by atoms with Crippen molar-refractivity contribution >= 4 is 13.2 Å². The first kappa shape index (κ1) is 23.0. The molecule has 5 nitrogen and oxygen atoms in total. The van der Waals surface area contributed by atoms with Gasteiger partial charge in [0, 0.05) is 13.5 Å². The van der Waals surface area contributed by atoms with Crippen LogP contribution in [0, 0.1) is 0 Å². The van der Waals surface area contributed by atoms with Crippen molar-refractivity contribution in [2.45, 2.75) is 45.3 Å². The smallest absolute Gasteiger partial charge is 0.302 e. The summed E-state index contributed by atoms with van der Waals surface area (Å²) in [6, 6.07) is 17.8. The summed E-state index contributed by atoms with van der Waals surface area (Å²) in [5.41, 5.74) is 2.18. The van der Waals surface area contributed by atoms with Crippen LogP contribution in [0.3, 0.4) is 0 Å². The molecule has 0 saturated carbocycles. The van der Waals surface area contributed by atoms with E-state index in [9.17, 15) is 4.79 Å². The second-order valence-electron chi connectivity index (χ2n) is 6.84. The van der Waals surface area contributed by atoms with Crippen molar-refractivity contribution in [2.75, 3.05) is 20.3 Å². The molecule has 2 atom stereocenters. The van der Waals surface area contributed by atoms with Gasteiger partial charge in [0.25, 0.3) is 0 Å². The molecular formula is C23H30BO5. The number of benzene rings is 2. The summed E-state index contributed by atoms with van der Waals surface area (Å²) in [6.45, 7) is 5.34. The van der Waals surface area contributed by atoms with Gasteiger partial charge in [0.1, 0.15) is 19.1 Å². The normalized spacial score (nSPS) is 12.8. The fourth-order valence-electron chi connectivity index (χ4n) is 3.02. The summed E-state index contributed by atoms with van der Waals surface area (Å²) in [5.74, 6) is 0.563. The first-order chi connectivity index (χ1) is 14.1. The van der Waals surface area contributed by atoms with Gasteiger partial charge in [-0.2, -0.15) is 0 Å². The molecule has 0 aromatic heterocycles. The monoisotopic (exact) mass is 397 g/mol. The molecule has 0 unspecified atom stereocenters. The SMILES string of the molecule is C[B][C@H](CCOCc1ccccc1)[C@@H](COCc1ccc(OC)cc1)OC(C)=O. The number of rotatable bonds is 13. The fraction of sp³-hybridized carbons (Fsp3) is 0.435. The van der Waals surface area contributed by atoms with Crippen LogP contribution in [-0.2, 0) is 32.2 Å². The molecule has 0 aliphatic rings. The molecule has 0 amide bonds. The Bertz CT molecular complexity index is 705. The molecule has 2 aromatic carbocycles. The maximum atomic E-state index is 11.6. The fourth-order valence-corrected chi connectivity index (χ4v) is 3.02. The number of ether oxygens (including phenoxy) is 4. The average molecular weight is 397 g/mol. The number of carbonyl (C=O) groups excluding carboxylic acids is 1. The maximum absolute atomic E-state index is 11.6. The summed E-state index contributed by atoms with van der Waals surface area (Å²) < 4.78 is 22.3. The zero-order chi connectivity index (χ0) is 20.9. The molecule has 2 rings (SSSR count). The maximum Gasteiger partial charge on any atom is 0.302 e. The van der Waals surface area contributed by atoms with Crippen LogP contribution in [0.4, 0.5) is 0 Å². The zero-order valence-corrected chi connectivity index (χ0v) is 17.5. The Morgan fingerprint density at radius 1 is 0.966 bits per heavy atom. The van der Waals surface area contributed by atoms with E-state index in [1.165, 1.54) is 6.92 Å². The minimum absolute atomic E-state index is 0.0607. The predicted molar refractivity (Wildman–Crippen MR) is 114 cm³/mol. The third-order valence-electron chi connectivity index (χ3n) is 4.64. The second-order valence-corrected chi connectivity index (χ2v) is 6.84. The third kappa shape index (κ3) is 8.71. The van der Waals surface area contributed by atoms with Crippen molar-refractivity contribution < 1.29 is 23.7 Å². The first-order valence-corrected chi connectivity index (χ1v) is 9.91. The van der Waals surface area contributed by atoms with E-state index in [0.29, 0.717) is 26.4 Å². The lowest BCUT2D eigenvalue weighted by molar-refractivity contribution is -0.150. The van der Waals surface area contributed by atoms with Gasteiger partial charge >= 0.3 is 5.97 Å². The molecule has 29 heavy (non-hydrogen) atoms. The predicted octanol–water partition coefficient (Wildman–Crippen LogP) is 4.29. The van der Waals surface area contributed by atoms with Gasteiger partial charge in [-0.15, -0.1) is 0 Å². The Labute approximate surface area is 174 Å². The molecule has 0 aliphatic heterocycles. The molecule has 0 fully saturated rings. The molecule has 0 aliphatic carbocycles. The summed E-state index contributed by atoms with van der Waals surface area (Å²) in [6.07, 6.45) is 0.420. The molecule has 0 bridgehead atoms. The number of hydrogen-bond acceptors (Lipinski definition) is 5. The Hall–Kier alpha value is -2.31. The second kappa shape index (κ2) is 13.0. The number of hydrogen-bond donors (Lipinski definition) is 0. The summed E-state index contributed by atoms with van der Waals surface area (Å²) in [5, 5.41) is 0. The van der Waals surface area contributed by atoms with Crippen LogP contribution in [0.5, 0.6) is 5.75 Å². The van der Waals surface area contributed by atoms with E-state index < -0.39 is 0 Å². The van der Waals surface area contributed by atoms with E-state index in [1.54, 1.807) is 7.11 Å². The van der Waals surface area contributed by atoms with E-state index >= 15 is 0 Å². The molecule has 0 spiro atoms. The molecular weight excluding hydrogens is 367 g/mol. The van der Waals surface area contributed by atoms with E-state index in [0.717, 1.165) is 23.3 Å². The van der Waals surface area contributed by atoms with Crippen LogP contribution in [0.1, 0.15) is 24.5 Å². The highest BCUT2D eigenvalue weighted by Gasteiger charge is 2.23. The largest absolute Gasteiger partial charge is 0.497 e. The van der Waals surface area contributed by atoms with Crippen LogP contribution >= 0.6 is 0 Å². The van der Waals surface area contributed by atoms with E-state index in [-0.39, 0.29) is 17.9 Å². The number of methoxy groups -OCH3 is 1. The standard InChI is InChI=1S/C23H30BO5/c1-18(25)29-23(17-28-16-20-9-11-21(26-3)12-10-20)22(24-2)13-14-27-15-19-7-5-4-6-8-19/h4-12,22-23H,13-17H2,1-3H3/t22-,23-/m1/s1. The summed E-state index contributed by atoms with van der Waals surface area (Å²) in [4.78, 5) is 11.6. The number of esters is 1. The van der Waals surface area contributed by atoms with Gasteiger partial charge < -0.3 is 18.9 Å². The van der Waals surface area contributed by atoms with Crippen molar-refractivity contribution in [2.24, 2.45) is 0 Å².